The molecule has 0 spiro atoms. The Morgan fingerprint density at radius 2 is 1.76 bits per heavy atom. The largest absolute Gasteiger partial charge is 0.320 e. The highest BCUT2D eigenvalue weighted by atomic mass is 19.1. The monoisotopic (exact) mass is 286 g/mol. The first kappa shape index (κ1) is 14.6. The summed E-state index contributed by atoms with van der Waals surface area (Å²) < 4.78 is 13.7. The van der Waals surface area contributed by atoms with Crippen molar-refractivity contribution < 1.29 is 4.39 Å². The minimum atomic E-state index is -0.202. The molecule has 112 valence electrons. The number of rotatable bonds is 6. The molecule has 2 saturated carbocycles. The average Bonchev–Trinajstić information content (AvgIpc) is 3.32. The lowest BCUT2D eigenvalue weighted by Gasteiger charge is -2.22. The molecule has 0 saturated heterocycles. The fraction of sp³-hybridized carbons (Fsp3) is 0.556. The minimum absolute atomic E-state index is 0.202. The Labute approximate surface area is 126 Å². The van der Waals surface area contributed by atoms with Crippen molar-refractivity contribution in [2.75, 3.05) is 19.6 Å². The van der Waals surface area contributed by atoms with E-state index in [2.05, 4.69) is 16.7 Å². The lowest BCUT2D eigenvalue weighted by atomic mass is 10.1. The van der Waals surface area contributed by atoms with E-state index in [0.29, 0.717) is 6.54 Å². The second-order valence-corrected chi connectivity index (χ2v) is 6.43. The van der Waals surface area contributed by atoms with Crippen LogP contribution in [0.1, 0.15) is 36.8 Å². The maximum atomic E-state index is 13.7. The Kier molecular flexibility index (Phi) is 4.57. The lowest BCUT2D eigenvalue weighted by Crippen LogP contribution is -2.28. The molecule has 0 radical (unpaired) electrons. The van der Waals surface area contributed by atoms with Crippen LogP contribution in [0.2, 0.25) is 0 Å². The van der Waals surface area contributed by atoms with E-state index in [1.807, 2.05) is 6.07 Å². The van der Waals surface area contributed by atoms with Crippen molar-refractivity contribution in [3.63, 3.8) is 0 Å². The molecule has 2 N–H and O–H groups in total. The summed E-state index contributed by atoms with van der Waals surface area (Å²) in [7, 11) is 0. The first-order chi connectivity index (χ1) is 10.2. The summed E-state index contributed by atoms with van der Waals surface area (Å²) in [5.41, 5.74) is 7.14. The number of nitrogens with two attached hydrogens (primary N) is 1. The van der Waals surface area contributed by atoms with Gasteiger partial charge in [0.15, 0.2) is 0 Å². The summed E-state index contributed by atoms with van der Waals surface area (Å²) in [4.78, 5) is 2.50. The molecule has 0 unspecified atom stereocenters. The van der Waals surface area contributed by atoms with E-state index in [4.69, 9.17) is 5.73 Å². The van der Waals surface area contributed by atoms with Gasteiger partial charge in [0.05, 0.1) is 6.54 Å². The van der Waals surface area contributed by atoms with Crippen molar-refractivity contribution >= 4 is 0 Å². The van der Waals surface area contributed by atoms with Gasteiger partial charge in [-0.3, -0.25) is 4.90 Å². The molecule has 0 aromatic heterocycles. The van der Waals surface area contributed by atoms with Crippen LogP contribution in [0, 0.1) is 29.5 Å². The third-order valence-electron chi connectivity index (χ3n) is 4.13. The zero-order chi connectivity index (χ0) is 14.7. The van der Waals surface area contributed by atoms with Gasteiger partial charge in [-0.05, 0) is 61.3 Å². The van der Waals surface area contributed by atoms with E-state index in [1.54, 1.807) is 6.07 Å². The Morgan fingerprint density at radius 3 is 2.33 bits per heavy atom. The normalized spacial score (nSPS) is 17.7. The summed E-state index contributed by atoms with van der Waals surface area (Å²) in [6.07, 6.45) is 5.43. The van der Waals surface area contributed by atoms with Gasteiger partial charge in [0, 0.05) is 25.2 Å². The van der Waals surface area contributed by atoms with Crippen LogP contribution in [0.15, 0.2) is 18.2 Å². The first-order valence-electron chi connectivity index (χ1n) is 7.93. The summed E-state index contributed by atoms with van der Waals surface area (Å²) in [6, 6.07) is 5.12. The van der Waals surface area contributed by atoms with E-state index >= 15 is 0 Å². The molecule has 0 heterocycles. The summed E-state index contributed by atoms with van der Waals surface area (Å²) >= 11 is 0. The van der Waals surface area contributed by atoms with Crippen LogP contribution in [-0.4, -0.2) is 24.5 Å². The quantitative estimate of drug-likeness (QED) is 0.815. The molecule has 1 aromatic rings. The van der Waals surface area contributed by atoms with Gasteiger partial charge in [-0.25, -0.2) is 4.39 Å². The number of nitrogens with zero attached hydrogens (tertiary/aromatic N) is 1. The Hall–Kier alpha value is -1.37. The highest BCUT2D eigenvalue weighted by molar-refractivity contribution is 5.38. The third kappa shape index (κ3) is 4.84. The molecule has 0 bridgehead atoms. The van der Waals surface area contributed by atoms with Crippen LogP contribution in [0.4, 0.5) is 4.39 Å². The number of benzene rings is 1. The summed E-state index contributed by atoms with van der Waals surface area (Å²) in [6.45, 7) is 3.47. The van der Waals surface area contributed by atoms with E-state index in [0.717, 1.165) is 42.6 Å². The van der Waals surface area contributed by atoms with Crippen molar-refractivity contribution in [3.05, 3.63) is 35.1 Å². The minimum Gasteiger partial charge on any atom is -0.320 e. The summed E-state index contributed by atoms with van der Waals surface area (Å²) in [5.74, 6) is 7.26. The van der Waals surface area contributed by atoms with Gasteiger partial charge in [-0.1, -0.05) is 11.8 Å². The van der Waals surface area contributed by atoms with Crippen LogP contribution in [0.3, 0.4) is 0 Å². The molecule has 2 nitrogen and oxygen atoms in total. The zero-order valence-corrected chi connectivity index (χ0v) is 12.4. The topological polar surface area (TPSA) is 29.3 Å². The first-order valence-corrected chi connectivity index (χ1v) is 7.93. The highest BCUT2D eigenvalue weighted by Gasteiger charge is 2.29. The molecule has 3 rings (SSSR count). The SMILES string of the molecule is NCC#Cc1cc(F)cc(CN(CC2CC2)CC2CC2)c1. The molecule has 0 amide bonds. The van der Waals surface area contributed by atoms with Crippen molar-refractivity contribution in [1.29, 1.82) is 0 Å². The second kappa shape index (κ2) is 6.60. The molecule has 2 aliphatic carbocycles. The van der Waals surface area contributed by atoms with E-state index in [9.17, 15) is 4.39 Å². The molecule has 2 aliphatic rings. The third-order valence-corrected chi connectivity index (χ3v) is 4.13. The standard InChI is InChI=1S/C18H23FN2/c19-18-9-16(2-1-7-20)8-17(10-18)13-21(11-14-3-4-14)12-15-5-6-15/h8-10,14-15H,3-7,11-13,20H2. The average molecular weight is 286 g/mol. The molecular weight excluding hydrogens is 263 g/mol. The van der Waals surface area contributed by atoms with Gasteiger partial charge >= 0.3 is 0 Å². The fourth-order valence-corrected chi connectivity index (χ4v) is 2.76. The number of halogens is 1. The lowest BCUT2D eigenvalue weighted by molar-refractivity contribution is 0.244. The summed E-state index contributed by atoms with van der Waals surface area (Å²) in [5, 5.41) is 0. The van der Waals surface area contributed by atoms with E-state index in [-0.39, 0.29) is 5.82 Å². The molecule has 1 aromatic carbocycles. The maximum Gasteiger partial charge on any atom is 0.124 e. The van der Waals surface area contributed by atoms with Gasteiger partial charge in [-0.2, -0.15) is 0 Å². The van der Waals surface area contributed by atoms with Gasteiger partial charge in [-0.15, -0.1) is 0 Å². The van der Waals surface area contributed by atoms with Gasteiger partial charge in [0.1, 0.15) is 5.82 Å². The van der Waals surface area contributed by atoms with Crippen molar-refractivity contribution in [2.24, 2.45) is 17.6 Å². The Balaban J connectivity index is 1.69. The van der Waals surface area contributed by atoms with Gasteiger partial charge < -0.3 is 5.73 Å². The smallest absolute Gasteiger partial charge is 0.124 e. The fourth-order valence-electron chi connectivity index (χ4n) is 2.76. The zero-order valence-electron chi connectivity index (χ0n) is 12.4. The molecule has 2 fully saturated rings. The number of hydrogen-bond acceptors (Lipinski definition) is 2. The Morgan fingerprint density at radius 1 is 1.10 bits per heavy atom. The molecule has 3 heteroatoms. The molecule has 21 heavy (non-hydrogen) atoms. The van der Waals surface area contributed by atoms with Gasteiger partial charge in [0.25, 0.3) is 0 Å². The predicted molar refractivity (Wildman–Crippen MR) is 83.1 cm³/mol. The van der Waals surface area contributed by atoms with Crippen LogP contribution < -0.4 is 5.73 Å². The van der Waals surface area contributed by atoms with E-state index in [1.165, 1.54) is 31.7 Å². The second-order valence-electron chi connectivity index (χ2n) is 6.43. The van der Waals surface area contributed by atoms with Gasteiger partial charge in [0.2, 0.25) is 0 Å². The van der Waals surface area contributed by atoms with E-state index < -0.39 is 0 Å². The highest BCUT2D eigenvalue weighted by Crippen LogP contribution is 2.34. The maximum absolute atomic E-state index is 13.7. The predicted octanol–water partition coefficient (Wildman–Crippen LogP) is 2.76. The Bertz CT molecular complexity index is 536. The molecular formula is C18H23FN2. The molecule has 0 aliphatic heterocycles. The van der Waals surface area contributed by atoms with Crippen LogP contribution in [0.5, 0.6) is 0 Å². The van der Waals surface area contributed by atoms with Crippen LogP contribution in [0.25, 0.3) is 0 Å². The van der Waals surface area contributed by atoms with Crippen molar-refractivity contribution in [3.8, 4) is 11.8 Å². The van der Waals surface area contributed by atoms with Crippen LogP contribution >= 0.6 is 0 Å². The molecule has 0 atom stereocenters. The van der Waals surface area contributed by atoms with Crippen molar-refractivity contribution in [2.45, 2.75) is 32.2 Å². The number of hydrogen-bond donors (Lipinski definition) is 1. The van der Waals surface area contributed by atoms with Crippen molar-refractivity contribution in [1.82, 2.24) is 4.90 Å². The van der Waals surface area contributed by atoms with Crippen LogP contribution in [-0.2, 0) is 6.54 Å².